The molecular weight excluding hydrogens is 160 g/mol. The van der Waals surface area contributed by atoms with E-state index in [1.807, 2.05) is 12.4 Å². The van der Waals surface area contributed by atoms with Crippen LogP contribution in [0.5, 0.6) is 0 Å². The minimum atomic E-state index is 0.674. The Morgan fingerprint density at radius 3 is 2.77 bits per heavy atom. The summed E-state index contributed by atoms with van der Waals surface area (Å²) >= 11 is 0. The lowest BCUT2D eigenvalue weighted by molar-refractivity contribution is 0.496. The van der Waals surface area contributed by atoms with Gasteiger partial charge < -0.3 is 5.32 Å². The predicted molar refractivity (Wildman–Crippen MR) is 53.3 cm³/mol. The lowest BCUT2D eigenvalue weighted by atomic mass is 10.2. The Bertz CT molecular complexity index is 254. The van der Waals surface area contributed by atoms with E-state index in [1.54, 1.807) is 0 Å². The quantitative estimate of drug-likeness (QED) is 0.758. The number of hydrogen-bond donors (Lipinski definition) is 1. The summed E-state index contributed by atoms with van der Waals surface area (Å²) in [4.78, 5) is 3.99. The highest BCUT2D eigenvalue weighted by Crippen LogP contribution is 2.32. The smallest absolute Gasteiger partial charge is 0.0271 e. The average Bonchev–Trinajstić information content (AvgIpc) is 2.99. The van der Waals surface area contributed by atoms with Crippen molar-refractivity contribution in [1.29, 1.82) is 0 Å². The highest BCUT2D eigenvalue weighted by Gasteiger charge is 2.27. The molecule has 2 heteroatoms. The van der Waals surface area contributed by atoms with E-state index < -0.39 is 0 Å². The van der Waals surface area contributed by atoms with Gasteiger partial charge in [-0.3, -0.25) is 4.98 Å². The van der Waals surface area contributed by atoms with Gasteiger partial charge in [0.2, 0.25) is 0 Å². The molecule has 1 aromatic rings. The summed E-state index contributed by atoms with van der Waals surface area (Å²) in [6, 6.07) is 4.80. The first kappa shape index (κ1) is 8.70. The molecule has 0 bridgehead atoms. The van der Waals surface area contributed by atoms with Crippen LogP contribution in [0.25, 0.3) is 0 Å². The molecule has 1 aromatic heterocycles. The molecule has 1 aliphatic rings. The van der Waals surface area contributed by atoms with E-state index >= 15 is 0 Å². The van der Waals surface area contributed by atoms with Gasteiger partial charge in [-0.05, 0) is 43.4 Å². The molecule has 1 N–H and O–H groups in total. The summed E-state index contributed by atoms with van der Waals surface area (Å²) in [5, 5.41) is 3.53. The van der Waals surface area contributed by atoms with E-state index in [9.17, 15) is 0 Å². The van der Waals surface area contributed by atoms with Crippen LogP contribution in [0, 0.1) is 5.92 Å². The molecule has 1 atom stereocenters. The molecule has 1 saturated carbocycles. The molecule has 0 saturated heterocycles. The second-order valence-electron chi connectivity index (χ2n) is 3.86. The van der Waals surface area contributed by atoms with Crippen LogP contribution in [0.2, 0.25) is 0 Å². The maximum absolute atomic E-state index is 3.99. The lowest BCUT2D eigenvalue weighted by Gasteiger charge is -2.11. The first-order valence-electron chi connectivity index (χ1n) is 4.98. The third-order valence-corrected chi connectivity index (χ3v) is 2.71. The number of pyridine rings is 1. The van der Waals surface area contributed by atoms with E-state index in [0.29, 0.717) is 6.04 Å². The number of aromatic nitrogens is 1. The van der Waals surface area contributed by atoms with Gasteiger partial charge in [0.15, 0.2) is 0 Å². The number of nitrogens with one attached hydrogen (secondary N) is 1. The fraction of sp³-hybridized carbons (Fsp3) is 0.545. The Hall–Kier alpha value is -0.890. The van der Waals surface area contributed by atoms with E-state index in [0.717, 1.165) is 12.5 Å². The SMILES string of the molecule is C[C@@H](NCc1ccncc1)C1CC1. The molecule has 2 rings (SSSR count). The fourth-order valence-electron chi connectivity index (χ4n) is 1.54. The van der Waals surface area contributed by atoms with Gasteiger partial charge in [0.25, 0.3) is 0 Å². The number of hydrogen-bond acceptors (Lipinski definition) is 2. The van der Waals surface area contributed by atoms with Crippen LogP contribution in [0.3, 0.4) is 0 Å². The number of nitrogens with zero attached hydrogens (tertiary/aromatic N) is 1. The van der Waals surface area contributed by atoms with Crippen molar-refractivity contribution in [3.8, 4) is 0 Å². The standard InChI is InChI=1S/C11H16N2/c1-9(11-2-3-11)13-8-10-4-6-12-7-5-10/h4-7,9,11,13H,2-3,8H2,1H3/t9-/m1/s1. The average molecular weight is 176 g/mol. The molecule has 0 spiro atoms. The Balaban J connectivity index is 1.78. The fourth-order valence-corrected chi connectivity index (χ4v) is 1.54. The van der Waals surface area contributed by atoms with E-state index in [-0.39, 0.29) is 0 Å². The van der Waals surface area contributed by atoms with Gasteiger partial charge >= 0.3 is 0 Å². The Morgan fingerprint density at radius 1 is 1.46 bits per heavy atom. The third-order valence-electron chi connectivity index (χ3n) is 2.71. The van der Waals surface area contributed by atoms with E-state index in [4.69, 9.17) is 0 Å². The van der Waals surface area contributed by atoms with Gasteiger partial charge in [-0.1, -0.05) is 0 Å². The second kappa shape index (κ2) is 3.88. The van der Waals surface area contributed by atoms with Gasteiger partial charge in [-0.15, -0.1) is 0 Å². The van der Waals surface area contributed by atoms with Crippen molar-refractivity contribution in [3.05, 3.63) is 30.1 Å². The first-order chi connectivity index (χ1) is 6.36. The second-order valence-corrected chi connectivity index (χ2v) is 3.86. The molecule has 70 valence electrons. The van der Waals surface area contributed by atoms with Crippen molar-refractivity contribution in [1.82, 2.24) is 10.3 Å². The van der Waals surface area contributed by atoms with Crippen molar-refractivity contribution < 1.29 is 0 Å². The third kappa shape index (κ3) is 2.52. The van der Waals surface area contributed by atoms with Crippen molar-refractivity contribution in [2.75, 3.05) is 0 Å². The molecule has 0 radical (unpaired) electrons. The van der Waals surface area contributed by atoms with Gasteiger partial charge in [0, 0.05) is 25.0 Å². The van der Waals surface area contributed by atoms with Crippen LogP contribution < -0.4 is 5.32 Å². The summed E-state index contributed by atoms with van der Waals surface area (Å²) < 4.78 is 0. The van der Waals surface area contributed by atoms with Gasteiger partial charge in [0.05, 0.1) is 0 Å². The summed E-state index contributed by atoms with van der Waals surface area (Å²) in [7, 11) is 0. The van der Waals surface area contributed by atoms with Gasteiger partial charge in [0.1, 0.15) is 0 Å². The Morgan fingerprint density at radius 2 is 2.15 bits per heavy atom. The molecule has 1 heterocycles. The van der Waals surface area contributed by atoms with Gasteiger partial charge in [-0.2, -0.15) is 0 Å². The molecular formula is C11H16N2. The highest BCUT2D eigenvalue weighted by molar-refractivity contribution is 5.09. The molecule has 2 nitrogen and oxygen atoms in total. The zero-order chi connectivity index (χ0) is 9.10. The van der Waals surface area contributed by atoms with Crippen molar-refractivity contribution in [3.63, 3.8) is 0 Å². The summed E-state index contributed by atoms with van der Waals surface area (Å²) in [6.07, 6.45) is 6.51. The maximum Gasteiger partial charge on any atom is 0.0271 e. The molecule has 0 unspecified atom stereocenters. The summed E-state index contributed by atoms with van der Waals surface area (Å²) in [5.74, 6) is 0.932. The Labute approximate surface area is 79.4 Å². The summed E-state index contributed by atoms with van der Waals surface area (Å²) in [6.45, 7) is 3.25. The van der Waals surface area contributed by atoms with Crippen LogP contribution in [-0.2, 0) is 6.54 Å². The topological polar surface area (TPSA) is 24.9 Å². The lowest BCUT2D eigenvalue weighted by Crippen LogP contribution is -2.27. The zero-order valence-electron chi connectivity index (χ0n) is 8.03. The van der Waals surface area contributed by atoms with Crippen LogP contribution in [-0.4, -0.2) is 11.0 Å². The maximum atomic E-state index is 3.99. The molecule has 1 fully saturated rings. The van der Waals surface area contributed by atoms with E-state index in [1.165, 1.54) is 18.4 Å². The zero-order valence-corrected chi connectivity index (χ0v) is 8.03. The van der Waals surface area contributed by atoms with Crippen molar-refractivity contribution in [2.24, 2.45) is 5.92 Å². The summed E-state index contributed by atoms with van der Waals surface area (Å²) in [5.41, 5.74) is 1.32. The Kier molecular flexibility index (Phi) is 2.60. The molecule has 0 aromatic carbocycles. The normalized spacial score (nSPS) is 18.5. The minimum Gasteiger partial charge on any atom is -0.310 e. The molecule has 13 heavy (non-hydrogen) atoms. The van der Waals surface area contributed by atoms with Crippen LogP contribution in [0.15, 0.2) is 24.5 Å². The van der Waals surface area contributed by atoms with Crippen LogP contribution >= 0.6 is 0 Å². The van der Waals surface area contributed by atoms with E-state index in [2.05, 4.69) is 29.4 Å². The first-order valence-corrected chi connectivity index (χ1v) is 4.98. The van der Waals surface area contributed by atoms with Crippen molar-refractivity contribution >= 4 is 0 Å². The van der Waals surface area contributed by atoms with Crippen LogP contribution in [0.1, 0.15) is 25.3 Å². The predicted octanol–water partition coefficient (Wildman–Crippen LogP) is 1.97. The molecule has 1 aliphatic carbocycles. The van der Waals surface area contributed by atoms with Crippen LogP contribution in [0.4, 0.5) is 0 Å². The minimum absolute atomic E-state index is 0.674. The monoisotopic (exact) mass is 176 g/mol. The van der Waals surface area contributed by atoms with Gasteiger partial charge in [-0.25, -0.2) is 0 Å². The molecule has 0 amide bonds. The largest absolute Gasteiger partial charge is 0.310 e. The van der Waals surface area contributed by atoms with Crippen molar-refractivity contribution in [2.45, 2.75) is 32.4 Å². The highest BCUT2D eigenvalue weighted by atomic mass is 14.9. The molecule has 0 aliphatic heterocycles. The number of rotatable bonds is 4.